The van der Waals surface area contributed by atoms with Crippen LogP contribution in [-0.2, 0) is 0 Å². The molecule has 264 valence electrons. The Balaban J connectivity index is 1.62. The average Bonchev–Trinajstić information content (AvgIpc) is 3.09. The van der Waals surface area contributed by atoms with E-state index < -0.39 is 32.3 Å². The molecular formula is C48H56Si4. The fourth-order valence-electron chi connectivity index (χ4n) is 7.72. The Bertz CT molecular complexity index is 2440. The maximum absolute atomic E-state index is 2.56. The molecule has 0 N–H and O–H groups in total. The predicted octanol–water partition coefficient (Wildman–Crippen LogP) is 12.3. The lowest BCUT2D eigenvalue weighted by molar-refractivity contribution is 1.63. The Hall–Kier alpha value is -3.81. The molecule has 0 saturated carbocycles. The van der Waals surface area contributed by atoms with Gasteiger partial charge in [-0.3, -0.25) is 0 Å². The van der Waals surface area contributed by atoms with Crippen LogP contribution in [-0.4, -0.2) is 32.3 Å². The van der Waals surface area contributed by atoms with Crippen molar-refractivity contribution in [3.8, 4) is 33.4 Å². The predicted molar refractivity (Wildman–Crippen MR) is 247 cm³/mol. The lowest BCUT2D eigenvalue weighted by Gasteiger charge is -2.23. The van der Waals surface area contributed by atoms with Gasteiger partial charge in [0.1, 0.15) is 0 Å². The third-order valence-electron chi connectivity index (χ3n) is 11.1. The molecule has 7 rings (SSSR count). The van der Waals surface area contributed by atoms with Gasteiger partial charge in [0.05, 0.1) is 32.3 Å². The van der Waals surface area contributed by atoms with Crippen molar-refractivity contribution in [2.24, 2.45) is 0 Å². The Morgan fingerprint density at radius 1 is 0.250 bits per heavy atom. The van der Waals surface area contributed by atoms with E-state index in [4.69, 9.17) is 0 Å². The fourth-order valence-corrected chi connectivity index (χ4v) is 12.4. The van der Waals surface area contributed by atoms with Crippen LogP contribution >= 0.6 is 0 Å². The van der Waals surface area contributed by atoms with Gasteiger partial charge in [-0.1, -0.05) is 215 Å². The van der Waals surface area contributed by atoms with Crippen LogP contribution in [0.2, 0.25) is 78.6 Å². The molecule has 0 amide bonds. The van der Waals surface area contributed by atoms with Gasteiger partial charge in [-0.05, 0) is 71.8 Å². The summed E-state index contributed by atoms with van der Waals surface area (Å²) in [6.45, 7) is 29.3. The first kappa shape index (κ1) is 36.5. The quantitative estimate of drug-likeness (QED) is 0.113. The maximum Gasteiger partial charge on any atom is 0.0776 e. The van der Waals surface area contributed by atoms with E-state index in [1.165, 1.54) is 86.4 Å². The standard InChI is InChI=1S/C48H56Si4/c1-49(2,3)37-20-13-33(14-21-37)36-19-27-43-44-28-26-40(52(10,11)12)32-46(44)48-42(35-17-24-39(25-18-35)51(7,8)9)30-29-41(47(48)45(43)31-36)34-15-22-38(23-16-34)50(4,5)6/h13-32H,1-12H3. The van der Waals surface area contributed by atoms with Crippen LogP contribution in [0.15, 0.2) is 121 Å². The Labute approximate surface area is 317 Å². The van der Waals surface area contributed by atoms with Gasteiger partial charge in [0, 0.05) is 0 Å². The van der Waals surface area contributed by atoms with Gasteiger partial charge < -0.3 is 0 Å². The summed E-state index contributed by atoms with van der Waals surface area (Å²) in [5.41, 5.74) is 7.79. The summed E-state index contributed by atoms with van der Waals surface area (Å²) >= 11 is 0. The minimum atomic E-state index is -1.59. The van der Waals surface area contributed by atoms with Crippen molar-refractivity contribution in [2.75, 3.05) is 0 Å². The van der Waals surface area contributed by atoms with Crippen molar-refractivity contribution in [1.82, 2.24) is 0 Å². The molecule has 0 aliphatic heterocycles. The van der Waals surface area contributed by atoms with Gasteiger partial charge in [-0.15, -0.1) is 0 Å². The van der Waals surface area contributed by atoms with Crippen molar-refractivity contribution in [2.45, 2.75) is 78.6 Å². The van der Waals surface area contributed by atoms with Gasteiger partial charge in [0.15, 0.2) is 0 Å². The van der Waals surface area contributed by atoms with Crippen LogP contribution in [0.3, 0.4) is 0 Å². The molecule has 0 fully saturated rings. The van der Waals surface area contributed by atoms with Crippen molar-refractivity contribution in [1.29, 1.82) is 0 Å². The van der Waals surface area contributed by atoms with Crippen LogP contribution in [0.1, 0.15) is 0 Å². The Kier molecular flexibility index (Phi) is 9.10. The molecule has 7 aromatic rings. The Morgan fingerprint density at radius 3 is 0.942 bits per heavy atom. The molecule has 0 aromatic heterocycles. The number of fused-ring (bicyclic) bond motifs is 6. The second-order valence-corrected chi connectivity index (χ2v) is 39.5. The third-order valence-corrected chi connectivity index (χ3v) is 19.4. The molecule has 0 nitrogen and oxygen atoms in total. The Morgan fingerprint density at radius 2 is 0.558 bits per heavy atom. The van der Waals surface area contributed by atoms with Crippen molar-refractivity contribution < 1.29 is 0 Å². The first-order valence-corrected chi connectivity index (χ1v) is 33.1. The summed E-state index contributed by atoms with van der Waals surface area (Å²) in [7, 11) is -5.86. The molecule has 0 atom stereocenters. The molecule has 0 saturated heterocycles. The number of hydrogen-bond donors (Lipinski definition) is 0. The summed E-state index contributed by atoms with van der Waals surface area (Å²) in [6, 6.07) is 48.1. The fraction of sp³-hybridized carbons (Fsp3) is 0.250. The van der Waals surface area contributed by atoms with E-state index in [1.54, 1.807) is 0 Å². The normalized spacial score (nSPS) is 13.0. The van der Waals surface area contributed by atoms with E-state index in [1.807, 2.05) is 0 Å². The highest BCUT2D eigenvalue weighted by molar-refractivity contribution is 6.90. The molecule has 0 unspecified atom stereocenters. The van der Waals surface area contributed by atoms with Gasteiger partial charge in [0.2, 0.25) is 0 Å². The maximum atomic E-state index is 2.56. The summed E-state index contributed by atoms with van der Waals surface area (Å²) in [6.07, 6.45) is 0. The smallest absolute Gasteiger partial charge is 0.0656 e. The highest BCUT2D eigenvalue weighted by Gasteiger charge is 2.23. The van der Waals surface area contributed by atoms with E-state index in [0.29, 0.717) is 0 Å². The first-order valence-electron chi connectivity index (χ1n) is 19.1. The molecule has 0 bridgehead atoms. The molecule has 0 heterocycles. The molecule has 4 heteroatoms. The first-order chi connectivity index (χ1) is 24.3. The summed E-state index contributed by atoms with van der Waals surface area (Å²) in [5.74, 6) is 0. The van der Waals surface area contributed by atoms with E-state index in [2.05, 4.69) is 200 Å². The van der Waals surface area contributed by atoms with Gasteiger partial charge in [-0.2, -0.15) is 0 Å². The largest absolute Gasteiger partial charge is 0.0776 e. The zero-order chi connectivity index (χ0) is 37.4. The second kappa shape index (κ2) is 12.9. The minimum Gasteiger partial charge on any atom is -0.0656 e. The molecule has 52 heavy (non-hydrogen) atoms. The van der Waals surface area contributed by atoms with E-state index in [9.17, 15) is 0 Å². The number of benzene rings is 7. The molecule has 0 spiro atoms. The number of hydrogen-bond acceptors (Lipinski definition) is 0. The van der Waals surface area contributed by atoms with E-state index in [-0.39, 0.29) is 0 Å². The molecule has 0 aliphatic rings. The summed E-state index contributed by atoms with van der Waals surface area (Å²) < 4.78 is 0. The molecule has 0 radical (unpaired) electrons. The van der Waals surface area contributed by atoms with Crippen LogP contribution < -0.4 is 20.7 Å². The molecular weight excluding hydrogens is 689 g/mol. The average molecular weight is 745 g/mol. The zero-order valence-corrected chi connectivity index (χ0v) is 37.5. The second-order valence-electron chi connectivity index (χ2n) is 19.2. The van der Waals surface area contributed by atoms with Crippen LogP contribution in [0.4, 0.5) is 0 Å². The SMILES string of the molecule is C[Si](C)(C)c1ccc(-c2ccc3c4ccc([Si](C)(C)C)cc4c4c(-c5ccc([Si](C)(C)C)cc5)ccc(-c5ccc([Si](C)(C)C)cc5)c4c3c2)cc1. The highest BCUT2D eigenvalue weighted by Crippen LogP contribution is 2.45. The highest BCUT2D eigenvalue weighted by atomic mass is 28.3. The minimum absolute atomic E-state index is 1.28. The summed E-state index contributed by atoms with van der Waals surface area (Å²) in [5, 5.41) is 14.1. The monoisotopic (exact) mass is 744 g/mol. The van der Waals surface area contributed by atoms with E-state index in [0.717, 1.165) is 0 Å². The lowest BCUT2D eigenvalue weighted by Crippen LogP contribution is -2.37. The van der Waals surface area contributed by atoms with Crippen molar-refractivity contribution in [3.05, 3.63) is 121 Å². The van der Waals surface area contributed by atoms with Crippen LogP contribution in [0, 0.1) is 0 Å². The van der Waals surface area contributed by atoms with Gasteiger partial charge in [-0.25, -0.2) is 0 Å². The molecule has 0 aliphatic carbocycles. The number of rotatable bonds is 7. The third kappa shape index (κ3) is 6.87. The zero-order valence-electron chi connectivity index (χ0n) is 33.5. The van der Waals surface area contributed by atoms with Crippen LogP contribution in [0.5, 0.6) is 0 Å². The van der Waals surface area contributed by atoms with Gasteiger partial charge >= 0.3 is 0 Å². The topological polar surface area (TPSA) is 0 Å². The molecule has 7 aromatic carbocycles. The van der Waals surface area contributed by atoms with Gasteiger partial charge in [0.25, 0.3) is 0 Å². The summed E-state index contributed by atoms with van der Waals surface area (Å²) in [4.78, 5) is 0. The van der Waals surface area contributed by atoms with Crippen molar-refractivity contribution >= 4 is 85.4 Å². The lowest BCUT2D eigenvalue weighted by atomic mass is 9.84. The van der Waals surface area contributed by atoms with E-state index >= 15 is 0 Å². The van der Waals surface area contributed by atoms with Crippen molar-refractivity contribution in [3.63, 3.8) is 0 Å². The van der Waals surface area contributed by atoms with Crippen LogP contribution in [0.25, 0.3) is 65.7 Å².